The van der Waals surface area contributed by atoms with Gasteiger partial charge in [-0.15, -0.1) is 0 Å². The minimum atomic E-state index is 0.401. The highest BCUT2D eigenvalue weighted by Crippen LogP contribution is 2.33. The third kappa shape index (κ3) is 2.02. The predicted octanol–water partition coefficient (Wildman–Crippen LogP) is 2.98. The molecule has 1 aromatic carbocycles. The van der Waals surface area contributed by atoms with E-state index in [1.807, 2.05) is 30.5 Å². The van der Waals surface area contributed by atoms with E-state index in [1.54, 1.807) is 0 Å². The zero-order chi connectivity index (χ0) is 13.4. The first-order chi connectivity index (χ1) is 9.20. The Bertz CT molecular complexity index is 755. The summed E-state index contributed by atoms with van der Waals surface area (Å²) in [6.07, 6.45) is 1.89. The Morgan fingerprint density at radius 3 is 2.79 bits per heavy atom. The van der Waals surface area contributed by atoms with Crippen molar-refractivity contribution >= 4 is 40.2 Å². The van der Waals surface area contributed by atoms with E-state index in [0.29, 0.717) is 27.0 Å². The fraction of sp³-hybridized carbons (Fsp3) is 0.0833. The molecular formula is C12H10ClN5S. The lowest BCUT2D eigenvalue weighted by Crippen LogP contribution is -1.96. The number of anilines is 1. The van der Waals surface area contributed by atoms with E-state index in [9.17, 15) is 0 Å². The highest BCUT2D eigenvalue weighted by atomic mass is 35.5. The van der Waals surface area contributed by atoms with Gasteiger partial charge >= 0.3 is 0 Å². The van der Waals surface area contributed by atoms with Gasteiger partial charge in [-0.2, -0.15) is 5.10 Å². The van der Waals surface area contributed by atoms with Crippen LogP contribution in [0.4, 0.5) is 5.82 Å². The number of thioether (sulfide) groups is 1. The van der Waals surface area contributed by atoms with Gasteiger partial charge in [0.25, 0.3) is 0 Å². The van der Waals surface area contributed by atoms with E-state index in [0.717, 1.165) is 11.3 Å². The Morgan fingerprint density at radius 2 is 2.05 bits per heavy atom. The van der Waals surface area contributed by atoms with Crippen LogP contribution in [-0.2, 0) is 0 Å². The van der Waals surface area contributed by atoms with Crippen LogP contribution in [0.3, 0.4) is 0 Å². The maximum Gasteiger partial charge on any atom is 0.191 e. The van der Waals surface area contributed by atoms with Crippen molar-refractivity contribution in [3.05, 3.63) is 29.3 Å². The van der Waals surface area contributed by atoms with Gasteiger partial charge in [-0.25, -0.2) is 9.97 Å². The quantitative estimate of drug-likeness (QED) is 0.560. The number of nitrogens with two attached hydrogens (primary N) is 1. The van der Waals surface area contributed by atoms with Crippen molar-refractivity contribution in [1.29, 1.82) is 0 Å². The monoisotopic (exact) mass is 291 g/mol. The summed E-state index contributed by atoms with van der Waals surface area (Å²) < 4.78 is 0. The molecule has 0 aliphatic carbocycles. The van der Waals surface area contributed by atoms with Crippen molar-refractivity contribution in [1.82, 2.24) is 20.2 Å². The lowest BCUT2D eigenvalue weighted by Gasteiger charge is -2.03. The second kappa shape index (κ2) is 4.71. The Labute approximate surface area is 118 Å². The Kier molecular flexibility index (Phi) is 3.04. The second-order valence-corrected chi connectivity index (χ2v) is 5.05. The summed E-state index contributed by atoms with van der Waals surface area (Å²) in [4.78, 5) is 8.55. The first kappa shape index (κ1) is 12.3. The van der Waals surface area contributed by atoms with Crippen molar-refractivity contribution in [3.63, 3.8) is 0 Å². The van der Waals surface area contributed by atoms with Gasteiger partial charge in [-0.1, -0.05) is 41.6 Å². The smallest absolute Gasteiger partial charge is 0.191 e. The summed E-state index contributed by atoms with van der Waals surface area (Å²) >= 11 is 7.62. The Balaban J connectivity index is 2.29. The number of hydrogen-bond donors (Lipinski definition) is 2. The molecule has 0 aliphatic rings. The molecule has 0 fully saturated rings. The zero-order valence-electron chi connectivity index (χ0n) is 10.0. The largest absolute Gasteiger partial charge is 0.383 e. The molecule has 3 aromatic rings. The number of aromatic amines is 1. The molecule has 5 nitrogen and oxygen atoms in total. The molecule has 0 saturated carbocycles. The number of H-pyrrole nitrogens is 1. The molecule has 96 valence electrons. The lowest BCUT2D eigenvalue weighted by molar-refractivity contribution is 0.991. The highest BCUT2D eigenvalue weighted by molar-refractivity contribution is 7.98. The average Bonchev–Trinajstić information content (AvgIpc) is 2.83. The predicted molar refractivity (Wildman–Crippen MR) is 78.3 cm³/mol. The first-order valence-electron chi connectivity index (χ1n) is 5.51. The Hall–Kier alpha value is -1.79. The average molecular weight is 292 g/mol. The standard InChI is InChI=1S/C12H10ClN5S/c1-19-12-15-10(14)8-9(17-18-11(8)16-12)6-4-2-3-5-7(6)13/h2-5H,1H3,(H3,14,15,16,17,18). The number of benzene rings is 1. The molecule has 0 radical (unpaired) electrons. The van der Waals surface area contributed by atoms with Crippen molar-refractivity contribution in [2.75, 3.05) is 12.0 Å². The molecule has 3 rings (SSSR count). The van der Waals surface area contributed by atoms with Gasteiger partial charge in [-0.3, -0.25) is 5.10 Å². The summed E-state index contributed by atoms with van der Waals surface area (Å²) in [6.45, 7) is 0. The number of rotatable bonds is 2. The van der Waals surface area contributed by atoms with Gasteiger partial charge in [0.15, 0.2) is 10.8 Å². The number of aromatic nitrogens is 4. The summed E-state index contributed by atoms with van der Waals surface area (Å²) in [5.74, 6) is 0.401. The number of nitrogens with zero attached hydrogens (tertiary/aromatic N) is 3. The summed E-state index contributed by atoms with van der Waals surface area (Å²) in [6, 6.07) is 7.49. The van der Waals surface area contributed by atoms with Crippen LogP contribution in [0.25, 0.3) is 22.3 Å². The molecule has 7 heteroatoms. The molecule has 0 saturated heterocycles. The van der Waals surface area contributed by atoms with Gasteiger partial charge in [-0.05, 0) is 12.3 Å². The van der Waals surface area contributed by atoms with Crippen LogP contribution >= 0.6 is 23.4 Å². The molecule has 3 N–H and O–H groups in total. The van der Waals surface area contributed by atoms with Crippen LogP contribution in [0.1, 0.15) is 0 Å². The van der Waals surface area contributed by atoms with Crippen LogP contribution in [0.2, 0.25) is 5.02 Å². The summed E-state index contributed by atoms with van der Waals surface area (Å²) in [7, 11) is 0. The molecule has 0 unspecified atom stereocenters. The summed E-state index contributed by atoms with van der Waals surface area (Å²) in [5, 5.41) is 9.04. The maximum atomic E-state index is 6.19. The van der Waals surface area contributed by atoms with E-state index in [4.69, 9.17) is 17.3 Å². The fourth-order valence-corrected chi connectivity index (χ4v) is 2.48. The second-order valence-electron chi connectivity index (χ2n) is 3.87. The molecule has 0 bridgehead atoms. The minimum absolute atomic E-state index is 0.401. The van der Waals surface area contributed by atoms with Crippen molar-refractivity contribution < 1.29 is 0 Å². The van der Waals surface area contributed by atoms with E-state index in [-0.39, 0.29) is 0 Å². The molecule has 2 aromatic heterocycles. The van der Waals surface area contributed by atoms with Crippen LogP contribution in [0.5, 0.6) is 0 Å². The number of fused-ring (bicyclic) bond motifs is 1. The molecular weight excluding hydrogens is 282 g/mol. The number of halogens is 1. The zero-order valence-corrected chi connectivity index (χ0v) is 11.6. The van der Waals surface area contributed by atoms with Gasteiger partial charge in [0.05, 0.1) is 11.1 Å². The Morgan fingerprint density at radius 1 is 1.26 bits per heavy atom. The minimum Gasteiger partial charge on any atom is -0.383 e. The summed E-state index contributed by atoms with van der Waals surface area (Å²) in [5.41, 5.74) is 8.12. The maximum absolute atomic E-state index is 6.19. The van der Waals surface area contributed by atoms with Crippen LogP contribution < -0.4 is 5.73 Å². The highest BCUT2D eigenvalue weighted by Gasteiger charge is 2.15. The van der Waals surface area contributed by atoms with Gasteiger partial charge in [0, 0.05) is 10.6 Å². The van der Waals surface area contributed by atoms with Crippen molar-refractivity contribution in [2.24, 2.45) is 0 Å². The van der Waals surface area contributed by atoms with Crippen LogP contribution in [0, 0.1) is 0 Å². The first-order valence-corrected chi connectivity index (χ1v) is 7.11. The third-order valence-corrected chi connectivity index (χ3v) is 3.62. The number of nitrogens with one attached hydrogen (secondary N) is 1. The molecule has 0 atom stereocenters. The van der Waals surface area contributed by atoms with Crippen LogP contribution in [-0.4, -0.2) is 26.4 Å². The third-order valence-electron chi connectivity index (χ3n) is 2.75. The molecule has 0 spiro atoms. The fourth-order valence-electron chi connectivity index (χ4n) is 1.88. The molecule has 2 heterocycles. The van der Waals surface area contributed by atoms with Crippen molar-refractivity contribution in [2.45, 2.75) is 5.16 Å². The molecule has 0 aliphatic heterocycles. The normalized spacial score (nSPS) is 11.1. The van der Waals surface area contributed by atoms with E-state index in [2.05, 4.69) is 20.2 Å². The van der Waals surface area contributed by atoms with Gasteiger partial charge in [0.1, 0.15) is 5.82 Å². The number of nitrogen functional groups attached to an aromatic ring is 1. The van der Waals surface area contributed by atoms with E-state index < -0.39 is 0 Å². The molecule has 19 heavy (non-hydrogen) atoms. The SMILES string of the molecule is CSc1nc(N)c2c(-c3ccccc3Cl)[nH]nc2n1. The molecule has 0 amide bonds. The van der Waals surface area contributed by atoms with Gasteiger partial charge in [0.2, 0.25) is 0 Å². The number of hydrogen-bond acceptors (Lipinski definition) is 5. The van der Waals surface area contributed by atoms with E-state index in [1.165, 1.54) is 11.8 Å². The van der Waals surface area contributed by atoms with Crippen LogP contribution in [0.15, 0.2) is 29.4 Å². The topological polar surface area (TPSA) is 80.5 Å². The lowest BCUT2D eigenvalue weighted by atomic mass is 10.1. The van der Waals surface area contributed by atoms with Crippen molar-refractivity contribution in [3.8, 4) is 11.3 Å². The van der Waals surface area contributed by atoms with Gasteiger partial charge < -0.3 is 5.73 Å². The van der Waals surface area contributed by atoms with E-state index >= 15 is 0 Å².